The molecule has 1 aliphatic rings. The first-order valence-electron chi connectivity index (χ1n) is 6.80. The summed E-state index contributed by atoms with van der Waals surface area (Å²) < 4.78 is 0. The van der Waals surface area contributed by atoms with Crippen molar-refractivity contribution in [3.63, 3.8) is 0 Å². The van der Waals surface area contributed by atoms with Crippen molar-refractivity contribution in [2.24, 2.45) is 5.92 Å². The lowest BCUT2D eigenvalue weighted by molar-refractivity contribution is -0.149. The Bertz CT molecular complexity index is 292. The zero-order valence-corrected chi connectivity index (χ0v) is 11.7. The third kappa shape index (κ3) is 4.64. The summed E-state index contributed by atoms with van der Waals surface area (Å²) >= 11 is 0. The Kier molecular flexibility index (Phi) is 6.12. The average molecular weight is 255 g/mol. The second kappa shape index (κ2) is 7.36. The van der Waals surface area contributed by atoms with Gasteiger partial charge in [-0.15, -0.1) is 0 Å². The molecule has 0 spiro atoms. The van der Waals surface area contributed by atoms with Gasteiger partial charge in [0.15, 0.2) is 0 Å². The molecule has 1 aliphatic heterocycles. The molecule has 0 saturated carbocycles. The highest BCUT2D eigenvalue weighted by atomic mass is 16.2. The van der Waals surface area contributed by atoms with E-state index < -0.39 is 0 Å². The maximum atomic E-state index is 11.8. The maximum absolute atomic E-state index is 11.8. The Morgan fingerprint density at radius 2 is 1.78 bits per heavy atom. The van der Waals surface area contributed by atoms with Crippen molar-refractivity contribution in [3.8, 4) is 0 Å². The van der Waals surface area contributed by atoms with E-state index in [1.165, 1.54) is 0 Å². The molecular weight excluding hydrogens is 230 g/mol. The minimum atomic E-state index is 0.0623. The summed E-state index contributed by atoms with van der Waals surface area (Å²) in [6.45, 7) is 9.91. The molecule has 18 heavy (non-hydrogen) atoms. The van der Waals surface area contributed by atoms with Crippen LogP contribution in [0.1, 0.15) is 27.2 Å². The van der Waals surface area contributed by atoms with Gasteiger partial charge in [-0.2, -0.15) is 0 Å². The lowest BCUT2D eigenvalue weighted by Gasteiger charge is -2.33. The predicted molar refractivity (Wildman–Crippen MR) is 71.2 cm³/mol. The third-order valence-electron chi connectivity index (χ3n) is 3.07. The first-order chi connectivity index (χ1) is 8.54. The Labute approximate surface area is 110 Å². The van der Waals surface area contributed by atoms with Crippen LogP contribution in [0.15, 0.2) is 0 Å². The van der Waals surface area contributed by atoms with E-state index in [9.17, 15) is 9.59 Å². The van der Waals surface area contributed by atoms with E-state index in [4.69, 9.17) is 0 Å². The van der Waals surface area contributed by atoms with E-state index >= 15 is 0 Å². The molecule has 0 aromatic rings. The summed E-state index contributed by atoms with van der Waals surface area (Å²) in [5, 5.41) is 3.34. The number of likely N-dealkylation sites (N-methyl/N-ethyl adjacent to an activating group) is 1. The highest BCUT2D eigenvalue weighted by molar-refractivity contribution is 5.92. The van der Waals surface area contributed by atoms with Gasteiger partial charge in [-0.3, -0.25) is 9.59 Å². The van der Waals surface area contributed by atoms with Crippen molar-refractivity contribution >= 4 is 11.8 Å². The normalized spacial score (nSPS) is 16.9. The zero-order valence-electron chi connectivity index (χ0n) is 11.7. The molecule has 5 nitrogen and oxygen atoms in total. The van der Waals surface area contributed by atoms with E-state index in [0.29, 0.717) is 19.0 Å². The van der Waals surface area contributed by atoms with Crippen LogP contribution in [-0.4, -0.2) is 60.9 Å². The van der Waals surface area contributed by atoms with Gasteiger partial charge in [0.25, 0.3) is 0 Å². The van der Waals surface area contributed by atoms with Crippen molar-refractivity contribution in [2.75, 3.05) is 39.3 Å². The molecule has 0 bridgehead atoms. The van der Waals surface area contributed by atoms with E-state index in [0.717, 1.165) is 19.5 Å². The Balaban J connectivity index is 2.22. The highest BCUT2D eigenvalue weighted by Crippen LogP contribution is 2.05. The minimum Gasteiger partial charge on any atom is -0.332 e. The third-order valence-corrected chi connectivity index (χ3v) is 3.07. The summed E-state index contributed by atoms with van der Waals surface area (Å²) in [5.74, 6) is 0.772. The number of hydrogen-bond donors (Lipinski definition) is 1. The largest absolute Gasteiger partial charge is 0.332 e. The van der Waals surface area contributed by atoms with E-state index in [1.807, 2.05) is 6.92 Å². The number of carbonyl (C=O) groups excluding carboxylic acids is 2. The summed E-state index contributed by atoms with van der Waals surface area (Å²) in [7, 11) is 0. The standard InChI is InChI=1S/C13H25N3O2/c1-4-15-9-13(18)16(10-12(15)17)7-5-6-14-8-11(2)3/h11,14H,4-10H2,1-3H3. The molecule has 1 saturated heterocycles. The monoisotopic (exact) mass is 255 g/mol. The molecule has 104 valence electrons. The number of hydrogen-bond acceptors (Lipinski definition) is 3. The van der Waals surface area contributed by atoms with Crippen LogP contribution in [0.25, 0.3) is 0 Å². The molecule has 1 heterocycles. The number of piperazine rings is 1. The molecule has 0 aliphatic carbocycles. The second-order valence-electron chi connectivity index (χ2n) is 5.17. The topological polar surface area (TPSA) is 52.7 Å². The summed E-state index contributed by atoms with van der Waals surface area (Å²) in [5.41, 5.74) is 0. The van der Waals surface area contributed by atoms with E-state index in [-0.39, 0.29) is 24.9 Å². The molecule has 2 amide bonds. The first-order valence-corrected chi connectivity index (χ1v) is 6.80. The molecule has 1 rings (SSSR count). The van der Waals surface area contributed by atoms with Crippen LogP contribution < -0.4 is 5.32 Å². The fourth-order valence-electron chi connectivity index (χ4n) is 1.98. The number of nitrogens with one attached hydrogen (secondary N) is 1. The van der Waals surface area contributed by atoms with Crippen LogP contribution in [0, 0.1) is 5.92 Å². The summed E-state index contributed by atoms with van der Waals surface area (Å²) in [4.78, 5) is 26.7. The van der Waals surface area contributed by atoms with Crippen molar-refractivity contribution in [1.29, 1.82) is 0 Å². The van der Waals surface area contributed by atoms with Crippen LogP contribution in [0.4, 0.5) is 0 Å². The predicted octanol–water partition coefficient (Wildman–Crippen LogP) is 0.313. The van der Waals surface area contributed by atoms with Gasteiger partial charge in [0.05, 0.1) is 13.1 Å². The highest BCUT2D eigenvalue weighted by Gasteiger charge is 2.28. The van der Waals surface area contributed by atoms with E-state index in [2.05, 4.69) is 19.2 Å². The van der Waals surface area contributed by atoms with Gasteiger partial charge in [-0.25, -0.2) is 0 Å². The fraction of sp³-hybridized carbons (Fsp3) is 0.846. The molecule has 0 unspecified atom stereocenters. The minimum absolute atomic E-state index is 0.0623. The lowest BCUT2D eigenvalue weighted by atomic mass is 10.2. The van der Waals surface area contributed by atoms with Gasteiger partial charge in [-0.05, 0) is 32.4 Å². The molecule has 1 N–H and O–H groups in total. The molecular formula is C13H25N3O2. The van der Waals surface area contributed by atoms with Crippen molar-refractivity contribution < 1.29 is 9.59 Å². The van der Waals surface area contributed by atoms with Crippen LogP contribution in [0.3, 0.4) is 0 Å². The van der Waals surface area contributed by atoms with Crippen molar-refractivity contribution in [2.45, 2.75) is 27.2 Å². The molecule has 0 atom stereocenters. The average Bonchev–Trinajstić information content (AvgIpc) is 2.32. The number of amides is 2. The number of carbonyl (C=O) groups is 2. The van der Waals surface area contributed by atoms with Crippen LogP contribution in [0.5, 0.6) is 0 Å². The Hall–Kier alpha value is -1.10. The fourth-order valence-corrected chi connectivity index (χ4v) is 1.98. The molecule has 0 radical (unpaired) electrons. The maximum Gasteiger partial charge on any atom is 0.242 e. The Morgan fingerprint density at radius 3 is 2.39 bits per heavy atom. The quantitative estimate of drug-likeness (QED) is 0.666. The van der Waals surface area contributed by atoms with Crippen molar-refractivity contribution in [3.05, 3.63) is 0 Å². The van der Waals surface area contributed by atoms with Gasteiger partial charge in [0.2, 0.25) is 11.8 Å². The van der Waals surface area contributed by atoms with Gasteiger partial charge >= 0.3 is 0 Å². The second-order valence-corrected chi connectivity index (χ2v) is 5.17. The molecule has 5 heteroatoms. The number of nitrogens with zero attached hydrogens (tertiary/aromatic N) is 2. The molecule has 0 aromatic carbocycles. The number of rotatable bonds is 7. The van der Waals surface area contributed by atoms with E-state index in [1.54, 1.807) is 9.80 Å². The first kappa shape index (κ1) is 15.0. The van der Waals surface area contributed by atoms with Crippen LogP contribution in [0.2, 0.25) is 0 Å². The SMILES string of the molecule is CCN1CC(=O)N(CCCNCC(C)C)CC1=O. The molecule has 0 aromatic heterocycles. The summed E-state index contributed by atoms with van der Waals surface area (Å²) in [6.07, 6.45) is 0.901. The van der Waals surface area contributed by atoms with Gasteiger partial charge in [0, 0.05) is 13.1 Å². The van der Waals surface area contributed by atoms with Crippen LogP contribution >= 0.6 is 0 Å². The van der Waals surface area contributed by atoms with Gasteiger partial charge in [0.1, 0.15) is 0 Å². The van der Waals surface area contributed by atoms with Crippen LogP contribution in [-0.2, 0) is 9.59 Å². The Morgan fingerprint density at radius 1 is 1.17 bits per heavy atom. The molecule has 1 fully saturated rings. The zero-order chi connectivity index (χ0) is 13.5. The van der Waals surface area contributed by atoms with Gasteiger partial charge < -0.3 is 15.1 Å². The van der Waals surface area contributed by atoms with Gasteiger partial charge in [-0.1, -0.05) is 13.8 Å². The van der Waals surface area contributed by atoms with Crippen molar-refractivity contribution in [1.82, 2.24) is 15.1 Å². The smallest absolute Gasteiger partial charge is 0.242 e. The lowest BCUT2D eigenvalue weighted by Crippen LogP contribution is -2.53. The summed E-state index contributed by atoms with van der Waals surface area (Å²) in [6, 6.07) is 0.